The van der Waals surface area contributed by atoms with Crippen LogP contribution in [0.15, 0.2) is 15.5 Å². The third-order valence-electron chi connectivity index (χ3n) is 2.29. The number of hydrogen-bond donors (Lipinski definition) is 1. The fourth-order valence-corrected chi connectivity index (χ4v) is 1.75. The van der Waals surface area contributed by atoms with E-state index < -0.39 is 0 Å². The normalized spacial score (nSPS) is 11.1. The van der Waals surface area contributed by atoms with Crippen LogP contribution in [0.25, 0.3) is 0 Å². The molecule has 0 saturated heterocycles. The average molecular weight is 289 g/mol. The Balaban J connectivity index is 2.86. The highest BCUT2D eigenvalue weighted by Crippen LogP contribution is 2.16. The molecule has 0 aromatic carbocycles. The van der Waals surface area contributed by atoms with Gasteiger partial charge in [0.2, 0.25) is 0 Å². The van der Waals surface area contributed by atoms with E-state index in [1.54, 1.807) is 10.8 Å². The number of hydrogen-bond acceptors (Lipinski definition) is 3. The summed E-state index contributed by atoms with van der Waals surface area (Å²) >= 11 is 3.25. The molecule has 16 heavy (non-hydrogen) atoms. The first-order chi connectivity index (χ1) is 7.43. The van der Waals surface area contributed by atoms with Gasteiger partial charge in [-0.2, -0.15) is 0 Å². The fourth-order valence-electron chi connectivity index (χ4n) is 1.29. The van der Waals surface area contributed by atoms with Crippen molar-refractivity contribution < 1.29 is 4.74 Å². The molecular formula is C11H17BrN2O2. The van der Waals surface area contributed by atoms with Crippen molar-refractivity contribution in [3.8, 4) is 0 Å². The van der Waals surface area contributed by atoms with Crippen molar-refractivity contribution in [2.75, 3.05) is 12.3 Å². The van der Waals surface area contributed by atoms with Crippen LogP contribution in [-0.2, 0) is 11.3 Å². The maximum Gasteiger partial charge on any atom is 0.265 e. The Morgan fingerprint density at radius 1 is 1.56 bits per heavy atom. The number of nitrogen functional groups attached to an aromatic ring is 1. The topological polar surface area (TPSA) is 57.2 Å². The first-order valence-corrected chi connectivity index (χ1v) is 5.99. The Labute approximate surface area is 104 Å². The zero-order valence-corrected chi connectivity index (χ0v) is 11.4. The molecule has 0 aliphatic carbocycles. The molecule has 4 nitrogen and oxygen atoms in total. The summed E-state index contributed by atoms with van der Waals surface area (Å²) in [5.41, 5.74) is 7.11. The lowest BCUT2D eigenvalue weighted by atomic mass is 10.2. The Kier molecular flexibility index (Phi) is 4.56. The highest BCUT2D eigenvalue weighted by atomic mass is 79.9. The van der Waals surface area contributed by atoms with Crippen LogP contribution < -0.4 is 11.3 Å². The average Bonchev–Trinajstić information content (AvgIpc) is 2.22. The first kappa shape index (κ1) is 13.3. The van der Waals surface area contributed by atoms with Gasteiger partial charge in [-0.25, -0.2) is 0 Å². The molecule has 0 fully saturated rings. The minimum atomic E-state index is -0.0703. The molecule has 0 unspecified atom stereocenters. The summed E-state index contributed by atoms with van der Waals surface area (Å²) in [4.78, 5) is 11.8. The Morgan fingerprint density at radius 3 is 2.75 bits per heavy atom. The van der Waals surface area contributed by atoms with Gasteiger partial charge in [-0.15, -0.1) is 0 Å². The van der Waals surface area contributed by atoms with Gasteiger partial charge in [-0.1, -0.05) is 0 Å². The molecule has 1 rings (SSSR count). The van der Waals surface area contributed by atoms with Crippen LogP contribution >= 0.6 is 15.9 Å². The predicted molar refractivity (Wildman–Crippen MR) is 68.6 cm³/mol. The van der Waals surface area contributed by atoms with Crippen LogP contribution in [-0.4, -0.2) is 17.3 Å². The van der Waals surface area contributed by atoms with Gasteiger partial charge in [0.25, 0.3) is 5.56 Å². The van der Waals surface area contributed by atoms with Gasteiger partial charge in [0.1, 0.15) is 0 Å². The Bertz CT molecular complexity index is 427. The van der Waals surface area contributed by atoms with Crippen LogP contribution in [0.3, 0.4) is 0 Å². The molecule has 1 heterocycles. The molecule has 0 spiro atoms. The predicted octanol–water partition coefficient (Wildman–Crippen LogP) is 1.93. The maximum absolute atomic E-state index is 11.8. The van der Waals surface area contributed by atoms with E-state index in [2.05, 4.69) is 15.9 Å². The lowest BCUT2D eigenvalue weighted by molar-refractivity contribution is 0.0722. The van der Waals surface area contributed by atoms with Crippen LogP contribution in [0.5, 0.6) is 0 Å². The molecule has 0 atom stereocenters. The summed E-state index contributed by atoms with van der Waals surface area (Å²) in [6.45, 7) is 6.76. The number of nitrogens with two attached hydrogens (primary N) is 1. The van der Waals surface area contributed by atoms with E-state index in [4.69, 9.17) is 10.5 Å². The third kappa shape index (κ3) is 3.09. The molecule has 0 bridgehead atoms. The number of ether oxygens (including phenoxy) is 1. The highest BCUT2D eigenvalue weighted by molar-refractivity contribution is 9.10. The largest absolute Gasteiger partial charge is 0.397 e. The van der Waals surface area contributed by atoms with Crippen molar-refractivity contribution >= 4 is 21.6 Å². The second-order valence-electron chi connectivity index (χ2n) is 3.94. The summed E-state index contributed by atoms with van der Waals surface area (Å²) in [7, 11) is 0. The van der Waals surface area contributed by atoms with Crippen molar-refractivity contribution in [3.05, 3.63) is 26.6 Å². The zero-order chi connectivity index (χ0) is 12.3. The molecule has 2 N–H and O–H groups in total. The standard InChI is InChI=1S/C11H17BrN2O2/c1-7(2)16-5-4-14-6-9(13)8(3)10(12)11(14)15/h6-7H,4-5,13H2,1-3H3. The number of rotatable bonds is 4. The minimum Gasteiger partial charge on any atom is -0.397 e. The molecule has 1 aromatic rings. The van der Waals surface area contributed by atoms with Crippen LogP contribution in [0.2, 0.25) is 0 Å². The van der Waals surface area contributed by atoms with Crippen LogP contribution in [0, 0.1) is 6.92 Å². The SMILES string of the molecule is Cc1c(N)cn(CCOC(C)C)c(=O)c1Br. The Hall–Kier alpha value is -0.810. The summed E-state index contributed by atoms with van der Waals surface area (Å²) < 4.78 is 7.48. The quantitative estimate of drug-likeness (QED) is 0.921. The number of nitrogens with zero attached hydrogens (tertiary/aromatic N) is 1. The van der Waals surface area contributed by atoms with Gasteiger partial charge in [-0.05, 0) is 42.3 Å². The zero-order valence-electron chi connectivity index (χ0n) is 9.79. The van der Waals surface area contributed by atoms with Gasteiger partial charge >= 0.3 is 0 Å². The van der Waals surface area contributed by atoms with E-state index in [1.807, 2.05) is 20.8 Å². The number of aromatic nitrogens is 1. The smallest absolute Gasteiger partial charge is 0.265 e. The number of anilines is 1. The molecule has 5 heteroatoms. The summed E-state index contributed by atoms with van der Waals surface area (Å²) in [6.07, 6.45) is 1.83. The minimum absolute atomic E-state index is 0.0703. The lowest BCUT2D eigenvalue weighted by Gasteiger charge is -2.12. The summed E-state index contributed by atoms with van der Waals surface area (Å²) in [5.74, 6) is 0. The fraction of sp³-hybridized carbons (Fsp3) is 0.545. The molecule has 0 amide bonds. The first-order valence-electron chi connectivity index (χ1n) is 5.20. The molecule has 90 valence electrons. The Morgan fingerprint density at radius 2 is 2.19 bits per heavy atom. The van der Waals surface area contributed by atoms with Gasteiger partial charge in [0.05, 0.1) is 22.9 Å². The van der Waals surface area contributed by atoms with Gasteiger partial charge in [0.15, 0.2) is 0 Å². The lowest BCUT2D eigenvalue weighted by Crippen LogP contribution is -2.24. The molecule has 0 radical (unpaired) electrons. The van der Waals surface area contributed by atoms with Crippen LogP contribution in [0.4, 0.5) is 5.69 Å². The highest BCUT2D eigenvalue weighted by Gasteiger charge is 2.08. The maximum atomic E-state index is 11.8. The van der Waals surface area contributed by atoms with Gasteiger partial charge in [-0.3, -0.25) is 4.79 Å². The van der Waals surface area contributed by atoms with E-state index in [-0.39, 0.29) is 11.7 Å². The second kappa shape index (κ2) is 5.50. The van der Waals surface area contributed by atoms with Gasteiger partial charge < -0.3 is 15.0 Å². The number of halogens is 1. The van der Waals surface area contributed by atoms with Crippen molar-refractivity contribution in [1.29, 1.82) is 0 Å². The van der Waals surface area contributed by atoms with E-state index in [1.165, 1.54) is 0 Å². The van der Waals surface area contributed by atoms with E-state index in [9.17, 15) is 4.79 Å². The number of pyridine rings is 1. The molecular weight excluding hydrogens is 272 g/mol. The van der Waals surface area contributed by atoms with E-state index in [0.717, 1.165) is 5.56 Å². The molecule has 0 saturated carbocycles. The van der Waals surface area contributed by atoms with Crippen LogP contribution in [0.1, 0.15) is 19.4 Å². The summed E-state index contributed by atoms with van der Waals surface area (Å²) in [6, 6.07) is 0. The molecule has 0 aliphatic heterocycles. The van der Waals surface area contributed by atoms with E-state index >= 15 is 0 Å². The van der Waals surface area contributed by atoms with Crippen molar-refractivity contribution in [2.45, 2.75) is 33.4 Å². The monoisotopic (exact) mass is 288 g/mol. The molecule has 1 aromatic heterocycles. The summed E-state index contributed by atoms with van der Waals surface area (Å²) in [5, 5.41) is 0. The third-order valence-corrected chi connectivity index (χ3v) is 3.22. The second-order valence-corrected chi connectivity index (χ2v) is 4.73. The van der Waals surface area contributed by atoms with E-state index in [0.29, 0.717) is 23.3 Å². The van der Waals surface area contributed by atoms with Crippen molar-refractivity contribution in [2.24, 2.45) is 0 Å². The van der Waals surface area contributed by atoms with Gasteiger partial charge in [0, 0.05) is 12.7 Å². The van der Waals surface area contributed by atoms with Crippen molar-refractivity contribution in [3.63, 3.8) is 0 Å². The van der Waals surface area contributed by atoms with Crippen molar-refractivity contribution in [1.82, 2.24) is 4.57 Å². The molecule has 0 aliphatic rings.